The Morgan fingerprint density at radius 1 is 1.42 bits per heavy atom. The van der Waals surface area contributed by atoms with E-state index in [1.807, 2.05) is 0 Å². The van der Waals surface area contributed by atoms with Crippen molar-refractivity contribution in [2.45, 2.75) is 13.0 Å². The monoisotopic (exact) mass is 330 g/mol. The molecule has 0 aromatic carbocycles. The molecule has 19 heavy (non-hydrogen) atoms. The standard InChI is InChI=1S/C11H9BrF2N4O/c12-8-1-7(2-15-3-8)11(19)17-9-4-16-18(5-9)6-10(13)14/h1-5,10H,6H2,(H,17,19). The summed E-state index contributed by atoms with van der Waals surface area (Å²) in [6.45, 7) is -0.506. The maximum absolute atomic E-state index is 12.1. The number of hydrogen-bond acceptors (Lipinski definition) is 3. The Morgan fingerprint density at radius 2 is 2.21 bits per heavy atom. The van der Waals surface area contributed by atoms with Crippen LogP contribution in [0.15, 0.2) is 35.3 Å². The van der Waals surface area contributed by atoms with Gasteiger partial charge in [0, 0.05) is 23.1 Å². The number of halogens is 3. The number of amides is 1. The minimum atomic E-state index is -2.49. The summed E-state index contributed by atoms with van der Waals surface area (Å²) in [5.74, 6) is -0.384. The first-order chi connectivity index (χ1) is 9.04. The van der Waals surface area contributed by atoms with Crippen LogP contribution in [0.3, 0.4) is 0 Å². The Hall–Kier alpha value is -1.83. The van der Waals surface area contributed by atoms with Gasteiger partial charge < -0.3 is 5.32 Å². The smallest absolute Gasteiger partial charge is 0.257 e. The third-order valence-corrected chi connectivity index (χ3v) is 2.62. The predicted molar refractivity (Wildman–Crippen MR) is 68.1 cm³/mol. The fraction of sp³-hybridized carbons (Fsp3) is 0.182. The number of pyridine rings is 1. The topological polar surface area (TPSA) is 59.8 Å². The molecule has 2 aromatic rings. The molecule has 0 bridgehead atoms. The van der Waals surface area contributed by atoms with Crippen LogP contribution >= 0.6 is 15.9 Å². The second-order valence-corrected chi connectivity index (χ2v) is 4.60. The molecular formula is C11H9BrF2N4O. The van der Waals surface area contributed by atoms with Gasteiger partial charge in [0.1, 0.15) is 6.54 Å². The van der Waals surface area contributed by atoms with Crippen LogP contribution in [0, 0.1) is 0 Å². The number of rotatable bonds is 4. The number of alkyl halides is 2. The van der Waals surface area contributed by atoms with E-state index in [1.165, 1.54) is 18.6 Å². The number of hydrogen-bond donors (Lipinski definition) is 1. The normalized spacial score (nSPS) is 10.7. The molecule has 0 fully saturated rings. The SMILES string of the molecule is O=C(Nc1cnn(CC(F)F)c1)c1cncc(Br)c1. The Morgan fingerprint density at radius 3 is 2.89 bits per heavy atom. The summed E-state index contributed by atoms with van der Waals surface area (Å²) in [5, 5.41) is 6.27. The van der Waals surface area contributed by atoms with Gasteiger partial charge in [-0.15, -0.1) is 0 Å². The molecule has 2 rings (SSSR count). The van der Waals surface area contributed by atoms with Crippen molar-refractivity contribution in [1.29, 1.82) is 0 Å². The van der Waals surface area contributed by atoms with Gasteiger partial charge in [-0.2, -0.15) is 5.10 Å². The van der Waals surface area contributed by atoms with E-state index in [9.17, 15) is 13.6 Å². The fourth-order valence-electron chi connectivity index (χ4n) is 1.41. The molecule has 1 N–H and O–H groups in total. The minimum Gasteiger partial charge on any atom is -0.319 e. The number of aromatic nitrogens is 3. The second kappa shape index (κ2) is 5.87. The molecule has 0 aliphatic rings. The summed E-state index contributed by atoms with van der Waals surface area (Å²) >= 11 is 3.20. The predicted octanol–water partition coefficient (Wildman–Crippen LogP) is 2.56. The highest BCUT2D eigenvalue weighted by Gasteiger charge is 2.10. The van der Waals surface area contributed by atoms with Crippen molar-refractivity contribution in [3.63, 3.8) is 0 Å². The Balaban J connectivity index is 2.05. The van der Waals surface area contributed by atoms with Crippen LogP contribution in [-0.2, 0) is 6.54 Å². The maximum atomic E-state index is 12.1. The van der Waals surface area contributed by atoms with Gasteiger partial charge in [0.2, 0.25) is 0 Å². The van der Waals surface area contributed by atoms with Crippen molar-refractivity contribution >= 4 is 27.5 Å². The first-order valence-electron chi connectivity index (χ1n) is 5.27. The van der Waals surface area contributed by atoms with Crippen molar-refractivity contribution in [1.82, 2.24) is 14.8 Å². The van der Waals surface area contributed by atoms with Crippen LogP contribution in [0.5, 0.6) is 0 Å². The summed E-state index contributed by atoms with van der Waals surface area (Å²) in [6, 6.07) is 1.60. The Bertz CT molecular complexity index is 588. The number of anilines is 1. The van der Waals surface area contributed by atoms with E-state index in [2.05, 4.69) is 31.3 Å². The highest BCUT2D eigenvalue weighted by molar-refractivity contribution is 9.10. The van der Waals surface area contributed by atoms with Gasteiger partial charge in [-0.1, -0.05) is 0 Å². The van der Waals surface area contributed by atoms with Crippen molar-refractivity contribution in [3.8, 4) is 0 Å². The first kappa shape index (κ1) is 13.6. The van der Waals surface area contributed by atoms with Gasteiger partial charge in [0.15, 0.2) is 0 Å². The molecule has 5 nitrogen and oxygen atoms in total. The molecule has 2 aromatic heterocycles. The zero-order valence-corrected chi connectivity index (χ0v) is 11.1. The molecule has 0 radical (unpaired) electrons. The van der Waals surface area contributed by atoms with E-state index < -0.39 is 13.0 Å². The Labute approximate surface area is 115 Å². The summed E-state index contributed by atoms with van der Waals surface area (Å²) in [6.07, 6.45) is 3.13. The van der Waals surface area contributed by atoms with Crippen LogP contribution in [0.4, 0.5) is 14.5 Å². The number of nitrogens with zero attached hydrogens (tertiary/aromatic N) is 3. The Kier molecular flexibility index (Phi) is 4.20. The number of carbonyl (C=O) groups is 1. The lowest BCUT2D eigenvalue weighted by Gasteiger charge is -2.02. The van der Waals surface area contributed by atoms with Gasteiger partial charge >= 0.3 is 0 Å². The lowest BCUT2D eigenvalue weighted by molar-refractivity contribution is 0.102. The molecule has 0 spiro atoms. The lowest BCUT2D eigenvalue weighted by atomic mass is 10.2. The average Bonchev–Trinajstić information content (AvgIpc) is 2.75. The summed E-state index contributed by atoms with van der Waals surface area (Å²) in [4.78, 5) is 15.7. The van der Waals surface area contributed by atoms with Crippen LogP contribution in [0.25, 0.3) is 0 Å². The molecule has 0 aliphatic heterocycles. The van der Waals surface area contributed by atoms with Crippen molar-refractivity contribution in [2.75, 3.05) is 5.32 Å². The van der Waals surface area contributed by atoms with Gasteiger partial charge in [0.05, 0.1) is 17.4 Å². The molecule has 0 aliphatic carbocycles. The molecule has 1 amide bonds. The average molecular weight is 331 g/mol. The molecule has 2 heterocycles. The number of nitrogens with one attached hydrogen (secondary N) is 1. The van der Waals surface area contributed by atoms with E-state index in [1.54, 1.807) is 12.3 Å². The van der Waals surface area contributed by atoms with Crippen molar-refractivity contribution < 1.29 is 13.6 Å². The van der Waals surface area contributed by atoms with E-state index in [0.717, 1.165) is 4.68 Å². The van der Waals surface area contributed by atoms with Gasteiger partial charge in [-0.05, 0) is 22.0 Å². The summed E-state index contributed by atoms with van der Waals surface area (Å²) < 4.78 is 26.0. The highest BCUT2D eigenvalue weighted by Crippen LogP contribution is 2.12. The lowest BCUT2D eigenvalue weighted by Crippen LogP contribution is -2.12. The van der Waals surface area contributed by atoms with Crippen molar-refractivity contribution in [3.05, 3.63) is 40.9 Å². The molecule has 0 unspecified atom stereocenters. The summed E-state index contributed by atoms with van der Waals surface area (Å²) in [7, 11) is 0. The van der Waals surface area contributed by atoms with Crippen molar-refractivity contribution in [2.24, 2.45) is 0 Å². The zero-order valence-electron chi connectivity index (χ0n) is 9.55. The zero-order chi connectivity index (χ0) is 13.8. The first-order valence-corrected chi connectivity index (χ1v) is 6.06. The van der Waals surface area contributed by atoms with Gasteiger partial charge in [-0.25, -0.2) is 8.78 Å². The summed E-state index contributed by atoms with van der Waals surface area (Å²) in [5.41, 5.74) is 0.710. The fourth-order valence-corrected chi connectivity index (χ4v) is 1.77. The second-order valence-electron chi connectivity index (χ2n) is 3.69. The van der Waals surface area contributed by atoms with Crippen LogP contribution in [0.2, 0.25) is 0 Å². The maximum Gasteiger partial charge on any atom is 0.257 e. The third-order valence-electron chi connectivity index (χ3n) is 2.18. The van der Waals surface area contributed by atoms with Gasteiger partial charge in [0.25, 0.3) is 12.3 Å². The molecular weight excluding hydrogens is 322 g/mol. The van der Waals surface area contributed by atoms with E-state index in [-0.39, 0.29) is 5.91 Å². The van der Waals surface area contributed by atoms with E-state index in [0.29, 0.717) is 15.7 Å². The molecule has 8 heteroatoms. The van der Waals surface area contributed by atoms with E-state index >= 15 is 0 Å². The largest absolute Gasteiger partial charge is 0.319 e. The molecule has 100 valence electrons. The molecule has 0 atom stereocenters. The van der Waals surface area contributed by atoms with Crippen LogP contribution < -0.4 is 5.32 Å². The van der Waals surface area contributed by atoms with Gasteiger partial charge in [-0.3, -0.25) is 14.5 Å². The van der Waals surface area contributed by atoms with Crippen LogP contribution in [-0.4, -0.2) is 27.1 Å². The van der Waals surface area contributed by atoms with Crippen LogP contribution in [0.1, 0.15) is 10.4 Å². The highest BCUT2D eigenvalue weighted by atomic mass is 79.9. The molecule has 0 saturated heterocycles. The third kappa shape index (κ3) is 3.82. The van der Waals surface area contributed by atoms with E-state index in [4.69, 9.17) is 0 Å². The quantitative estimate of drug-likeness (QED) is 0.937. The number of carbonyl (C=O) groups excluding carboxylic acids is 1. The minimum absolute atomic E-state index is 0.352. The molecule has 0 saturated carbocycles.